The van der Waals surface area contributed by atoms with Crippen LogP contribution < -0.4 is 0 Å². The van der Waals surface area contributed by atoms with Crippen LogP contribution in [0, 0.1) is 13.8 Å². The monoisotopic (exact) mass is 337 g/mol. The normalized spacial score (nSPS) is 14.6. The highest BCUT2D eigenvalue weighted by Gasteiger charge is 2.33. The topological polar surface area (TPSA) is 81.7 Å². The minimum Gasteiger partial charge on any atom is -0.334 e. The number of carbonyl (C=O) groups is 1. The van der Waals surface area contributed by atoms with Crippen LogP contribution in [-0.2, 0) is 6.54 Å². The van der Waals surface area contributed by atoms with Gasteiger partial charge < -0.3 is 4.90 Å². The second kappa shape index (κ2) is 6.12. The van der Waals surface area contributed by atoms with E-state index < -0.39 is 0 Å². The number of likely N-dealkylation sites (tertiary alicyclic amines) is 1. The zero-order valence-corrected chi connectivity index (χ0v) is 14.2. The Kier molecular flexibility index (Phi) is 3.79. The van der Waals surface area contributed by atoms with E-state index in [-0.39, 0.29) is 11.9 Å². The second-order valence-corrected chi connectivity index (χ2v) is 6.43. The first-order chi connectivity index (χ1) is 12.1. The van der Waals surface area contributed by atoms with Crippen molar-refractivity contribution in [1.82, 2.24) is 34.9 Å². The van der Waals surface area contributed by atoms with Gasteiger partial charge in [-0.1, -0.05) is 22.9 Å². The van der Waals surface area contributed by atoms with Crippen molar-refractivity contribution in [3.8, 4) is 0 Å². The van der Waals surface area contributed by atoms with Crippen molar-refractivity contribution in [1.29, 1.82) is 0 Å². The molecule has 1 fully saturated rings. The summed E-state index contributed by atoms with van der Waals surface area (Å²) >= 11 is 0. The fraction of sp³-hybridized carbons (Fsp3) is 0.353. The molecule has 4 rings (SSSR count). The summed E-state index contributed by atoms with van der Waals surface area (Å²) in [5, 5.41) is 16.4. The largest absolute Gasteiger partial charge is 0.334 e. The van der Waals surface area contributed by atoms with Gasteiger partial charge in [0.2, 0.25) is 0 Å². The molecule has 3 aromatic rings. The molecule has 0 aliphatic carbocycles. The highest BCUT2D eigenvalue weighted by Crippen LogP contribution is 2.24. The van der Waals surface area contributed by atoms with E-state index in [0.29, 0.717) is 19.6 Å². The third-order valence-electron chi connectivity index (χ3n) is 4.46. The van der Waals surface area contributed by atoms with Gasteiger partial charge in [0, 0.05) is 18.7 Å². The summed E-state index contributed by atoms with van der Waals surface area (Å²) in [7, 11) is 0. The summed E-state index contributed by atoms with van der Waals surface area (Å²) in [5.41, 5.74) is 3.75. The Hall–Kier alpha value is -3.03. The van der Waals surface area contributed by atoms with E-state index in [1.807, 2.05) is 47.8 Å². The maximum atomic E-state index is 12.6. The van der Waals surface area contributed by atoms with E-state index in [0.717, 1.165) is 22.4 Å². The van der Waals surface area contributed by atoms with Crippen LogP contribution in [0.2, 0.25) is 0 Å². The molecule has 0 unspecified atom stereocenters. The van der Waals surface area contributed by atoms with Crippen molar-refractivity contribution < 1.29 is 4.79 Å². The number of carbonyl (C=O) groups excluding carboxylic acids is 1. The smallest absolute Gasteiger partial charge is 0.254 e. The Labute approximate surface area is 145 Å². The first kappa shape index (κ1) is 15.5. The number of benzene rings is 1. The minimum atomic E-state index is 0.0785. The van der Waals surface area contributed by atoms with Crippen LogP contribution in [0.25, 0.3) is 0 Å². The zero-order chi connectivity index (χ0) is 17.4. The van der Waals surface area contributed by atoms with Gasteiger partial charge >= 0.3 is 0 Å². The molecule has 1 aliphatic rings. The molecule has 0 radical (unpaired) electrons. The average molecular weight is 337 g/mol. The van der Waals surface area contributed by atoms with Crippen molar-refractivity contribution in [3.05, 3.63) is 59.2 Å². The fourth-order valence-corrected chi connectivity index (χ4v) is 3.05. The summed E-state index contributed by atoms with van der Waals surface area (Å²) in [6.07, 6.45) is 5.16. The number of aromatic nitrogens is 6. The van der Waals surface area contributed by atoms with E-state index >= 15 is 0 Å². The molecular weight excluding hydrogens is 318 g/mol. The number of hydrogen-bond acceptors (Lipinski definition) is 5. The van der Waals surface area contributed by atoms with Crippen LogP contribution in [0.4, 0.5) is 0 Å². The van der Waals surface area contributed by atoms with Gasteiger partial charge in [-0.15, -0.1) is 5.10 Å². The number of amides is 1. The van der Waals surface area contributed by atoms with Crippen LogP contribution in [0.1, 0.15) is 33.2 Å². The Balaban J connectivity index is 1.38. The minimum absolute atomic E-state index is 0.0785. The molecule has 128 valence electrons. The molecule has 1 amide bonds. The van der Waals surface area contributed by atoms with Gasteiger partial charge in [0.25, 0.3) is 5.91 Å². The van der Waals surface area contributed by atoms with Gasteiger partial charge in [0.1, 0.15) is 12.2 Å². The number of nitrogens with zero attached hydrogens (tertiary/aromatic N) is 7. The lowest BCUT2D eigenvalue weighted by atomic mass is 10.0. The Morgan fingerprint density at radius 3 is 2.68 bits per heavy atom. The van der Waals surface area contributed by atoms with Gasteiger partial charge in [-0.2, -0.15) is 15.0 Å². The van der Waals surface area contributed by atoms with Crippen LogP contribution in [0.15, 0.2) is 36.8 Å². The van der Waals surface area contributed by atoms with Crippen molar-refractivity contribution in [2.75, 3.05) is 13.1 Å². The Bertz CT molecular complexity index is 894. The third-order valence-corrected chi connectivity index (χ3v) is 4.46. The molecule has 0 atom stereocenters. The van der Waals surface area contributed by atoms with Crippen LogP contribution in [0.5, 0.6) is 0 Å². The molecule has 0 N–H and O–H groups in total. The molecule has 8 heteroatoms. The van der Waals surface area contributed by atoms with Gasteiger partial charge in [0.05, 0.1) is 24.6 Å². The van der Waals surface area contributed by atoms with E-state index in [9.17, 15) is 4.79 Å². The Morgan fingerprint density at radius 1 is 1.20 bits per heavy atom. The summed E-state index contributed by atoms with van der Waals surface area (Å²) in [5.74, 6) is 0.0785. The van der Waals surface area contributed by atoms with E-state index in [4.69, 9.17) is 0 Å². The van der Waals surface area contributed by atoms with Crippen molar-refractivity contribution in [3.63, 3.8) is 0 Å². The first-order valence-corrected chi connectivity index (χ1v) is 8.21. The highest BCUT2D eigenvalue weighted by atomic mass is 16.2. The maximum absolute atomic E-state index is 12.6. The molecule has 2 aromatic heterocycles. The molecule has 0 bridgehead atoms. The average Bonchev–Trinajstić information content (AvgIpc) is 3.18. The lowest BCUT2D eigenvalue weighted by Crippen LogP contribution is -2.51. The number of hydrogen-bond donors (Lipinski definition) is 0. The molecule has 25 heavy (non-hydrogen) atoms. The van der Waals surface area contributed by atoms with E-state index in [2.05, 4.69) is 20.5 Å². The predicted molar refractivity (Wildman–Crippen MR) is 90.0 cm³/mol. The SMILES string of the molecule is Cc1ccc(C(=O)N2CC(n3cc(Cn4nccn4)nn3)C2)c(C)c1. The fourth-order valence-electron chi connectivity index (χ4n) is 3.05. The van der Waals surface area contributed by atoms with Gasteiger partial charge in [-0.05, 0) is 25.5 Å². The van der Waals surface area contributed by atoms with Crippen LogP contribution >= 0.6 is 0 Å². The van der Waals surface area contributed by atoms with Crippen molar-refractivity contribution in [2.24, 2.45) is 0 Å². The van der Waals surface area contributed by atoms with Crippen LogP contribution in [0.3, 0.4) is 0 Å². The lowest BCUT2D eigenvalue weighted by molar-refractivity contribution is 0.0497. The molecule has 1 aliphatic heterocycles. The van der Waals surface area contributed by atoms with E-state index in [1.165, 1.54) is 0 Å². The molecular formula is C17H19N7O. The van der Waals surface area contributed by atoms with Gasteiger partial charge in [-0.3, -0.25) is 4.79 Å². The summed E-state index contributed by atoms with van der Waals surface area (Å²) in [4.78, 5) is 16.0. The molecule has 0 spiro atoms. The quantitative estimate of drug-likeness (QED) is 0.715. The third kappa shape index (κ3) is 3.02. The number of rotatable bonds is 4. The van der Waals surface area contributed by atoms with E-state index in [1.54, 1.807) is 17.2 Å². The molecule has 1 saturated heterocycles. The zero-order valence-electron chi connectivity index (χ0n) is 14.2. The molecule has 0 saturated carbocycles. The van der Waals surface area contributed by atoms with Crippen molar-refractivity contribution >= 4 is 5.91 Å². The molecule has 1 aromatic carbocycles. The standard InChI is InChI=1S/C17H19N7O/c1-12-3-4-16(13(2)7-12)17(25)22-10-15(11-22)23-8-14(20-21-23)9-24-18-5-6-19-24/h3-8,15H,9-11H2,1-2H3. The summed E-state index contributed by atoms with van der Waals surface area (Å²) in [6.45, 7) is 5.79. The second-order valence-electron chi connectivity index (χ2n) is 6.43. The molecule has 8 nitrogen and oxygen atoms in total. The van der Waals surface area contributed by atoms with Crippen LogP contribution in [-0.4, -0.2) is 53.9 Å². The van der Waals surface area contributed by atoms with Gasteiger partial charge in [-0.25, -0.2) is 4.68 Å². The van der Waals surface area contributed by atoms with Gasteiger partial charge in [0.15, 0.2) is 0 Å². The Morgan fingerprint density at radius 2 is 1.96 bits per heavy atom. The summed E-state index contributed by atoms with van der Waals surface area (Å²) in [6, 6.07) is 6.09. The number of aryl methyl sites for hydroxylation is 2. The predicted octanol–water partition coefficient (Wildman–Crippen LogP) is 1.23. The maximum Gasteiger partial charge on any atom is 0.254 e. The summed E-state index contributed by atoms with van der Waals surface area (Å²) < 4.78 is 1.82. The first-order valence-electron chi connectivity index (χ1n) is 8.21. The highest BCUT2D eigenvalue weighted by molar-refractivity contribution is 5.96. The van der Waals surface area contributed by atoms with Crippen molar-refractivity contribution in [2.45, 2.75) is 26.4 Å². The molecule has 3 heterocycles. The lowest BCUT2D eigenvalue weighted by Gasteiger charge is -2.39.